The van der Waals surface area contributed by atoms with E-state index in [1.807, 2.05) is 30.3 Å². The van der Waals surface area contributed by atoms with Crippen molar-refractivity contribution < 1.29 is 19.4 Å². The summed E-state index contributed by atoms with van der Waals surface area (Å²) in [5, 5.41) is 9.07. The molecule has 0 heterocycles. The van der Waals surface area contributed by atoms with Gasteiger partial charge in [0.05, 0.1) is 6.10 Å². The van der Waals surface area contributed by atoms with Crippen LogP contribution in [-0.4, -0.2) is 23.0 Å². The van der Waals surface area contributed by atoms with Crippen LogP contribution in [0.15, 0.2) is 30.3 Å². The lowest BCUT2D eigenvalue weighted by Gasteiger charge is -2.05. The molecule has 0 aliphatic carbocycles. The summed E-state index contributed by atoms with van der Waals surface area (Å²) < 4.78 is 5.12. The summed E-state index contributed by atoms with van der Waals surface area (Å²) in [7, 11) is 0. The van der Waals surface area contributed by atoms with Crippen LogP contribution in [0, 0.1) is 0 Å². The van der Waals surface area contributed by atoms with Crippen molar-refractivity contribution in [3.05, 3.63) is 35.9 Å². The first-order valence-electron chi connectivity index (χ1n) is 6.97. The van der Waals surface area contributed by atoms with Gasteiger partial charge in [-0.3, -0.25) is 9.59 Å². The smallest absolute Gasteiger partial charge is 0.306 e. The van der Waals surface area contributed by atoms with Crippen molar-refractivity contribution >= 4 is 11.8 Å². The van der Waals surface area contributed by atoms with Crippen molar-refractivity contribution in [3.8, 4) is 0 Å². The standard InChI is InChI=1S/C16H22O4/c1-13(17)10-11-15(18)8-5-9-16(19)20-12-14-6-3-2-4-7-14/h2-4,6-7,13,17H,5,8-12H2,1H3. The Hall–Kier alpha value is -1.68. The molecule has 1 rings (SSSR count). The van der Waals surface area contributed by atoms with Gasteiger partial charge in [0.15, 0.2) is 0 Å². The Labute approximate surface area is 119 Å². The van der Waals surface area contributed by atoms with Gasteiger partial charge in [0.25, 0.3) is 0 Å². The lowest BCUT2D eigenvalue weighted by molar-refractivity contribution is -0.145. The van der Waals surface area contributed by atoms with Crippen molar-refractivity contribution in [2.75, 3.05) is 0 Å². The molecule has 0 fully saturated rings. The van der Waals surface area contributed by atoms with Gasteiger partial charge in [-0.05, 0) is 25.3 Å². The van der Waals surface area contributed by atoms with Gasteiger partial charge in [0, 0.05) is 19.3 Å². The zero-order valence-corrected chi connectivity index (χ0v) is 11.9. The summed E-state index contributed by atoms with van der Waals surface area (Å²) in [5.41, 5.74) is 0.953. The van der Waals surface area contributed by atoms with E-state index in [1.165, 1.54) is 0 Å². The fourth-order valence-electron chi connectivity index (χ4n) is 1.74. The van der Waals surface area contributed by atoms with E-state index in [0.29, 0.717) is 25.7 Å². The molecule has 0 saturated carbocycles. The number of aliphatic hydroxyl groups excluding tert-OH is 1. The number of carbonyl (C=O) groups excluding carboxylic acids is 2. The largest absolute Gasteiger partial charge is 0.461 e. The Morgan fingerprint density at radius 2 is 1.85 bits per heavy atom. The van der Waals surface area contributed by atoms with E-state index in [0.717, 1.165) is 5.56 Å². The first-order valence-corrected chi connectivity index (χ1v) is 6.97. The first-order chi connectivity index (χ1) is 9.58. The van der Waals surface area contributed by atoms with Crippen molar-refractivity contribution in [2.45, 2.75) is 51.7 Å². The molecule has 1 aromatic rings. The number of aliphatic hydroxyl groups is 1. The number of carbonyl (C=O) groups is 2. The molecule has 0 aromatic heterocycles. The summed E-state index contributed by atoms with van der Waals surface area (Å²) in [6.07, 6.45) is 1.54. The van der Waals surface area contributed by atoms with Crippen molar-refractivity contribution in [2.24, 2.45) is 0 Å². The monoisotopic (exact) mass is 278 g/mol. The number of hydrogen-bond acceptors (Lipinski definition) is 4. The zero-order chi connectivity index (χ0) is 14.8. The van der Waals surface area contributed by atoms with Gasteiger partial charge in [0.1, 0.15) is 12.4 Å². The Morgan fingerprint density at radius 1 is 1.15 bits per heavy atom. The van der Waals surface area contributed by atoms with Crippen LogP contribution in [-0.2, 0) is 20.9 Å². The lowest BCUT2D eigenvalue weighted by Crippen LogP contribution is -2.08. The van der Waals surface area contributed by atoms with Crippen LogP contribution >= 0.6 is 0 Å². The van der Waals surface area contributed by atoms with Crippen LogP contribution in [0.2, 0.25) is 0 Å². The molecule has 4 nitrogen and oxygen atoms in total. The number of rotatable bonds is 9. The fourth-order valence-corrected chi connectivity index (χ4v) is 1.74. The quantitative estimate of drug-likeness (QED) is 0.705. The molecule has 0 aliphatic rings. The van der Waals surface area contributed by atoms with Gasteiger partial charge in [-0.1, -0.05) is 30.3 Å². The zero-order valence-electron chi connectivity index (χ0n) is 11.9. The van der Waals surface area contributed by atoms with E-state index < -0.39 is 6.10 Å². The normalized spacial score (nSPS) is 11.9. The van der Waals surface area contributed by atoms with Crippen LogP contribution in [0.25, 0.3) is 0 Å². The summed E-state index contributed by atoms with van der Waals surface area (Å²) in [6.45, 7) is 1.93. The third kappa shape index (κ3) is 7.69. The van der Waals surface area contributed by atoms with Gasteiger partial charge in [-0.2, -0.15) is 0 Å². The number of ketones is 1. The van der Waals surface area contributed by atoms with E-state index in [4.69, 9.17) is 9.84 Å². The fraction of sp³-hybridized carbons (Fsp3) is 0.500. The number of ether oxygens (including phenoxy) is 1. The minimum absolute atomic E-state index is 0.0850. The summed E-state index contributed by atoms with van der Waals surface area (Å²) in [5.74, 6) is -0.195. The van der Waals surface area contributed by atoms with Crippen LogP contribution in [0.5, 0.6) is 0 Å². The molecule has 0 bridgehead atoms. The highest BCUT2D eigenvalue weighted by atomic mass is 16.5. The highest BCUT2D eigenvalue weighted by molar-refractivity contribution is 5.79. The van der Waals surface area contributed by atoms with Crippen molar-refractivity contribution in [1.29, 1.82) is 0 Å². The minimum Gasteiger partial charge on any atom is -0.461 e. The van der Waals surface area contributed by atoms with E-state index in [9.17, 15) is 9.59 Å². The highest BCUT2D eigenvalue weighted by Gasteiger charge is 2.08. The third-order valence-electron chi connectivity index (χ3n) is 2.92. The predicted molar refractivity (Wildman–Crippen MR) is 76.0 cm³/mol. The predicted octanol–water partition coefficient (Wildman–Crippen LogP) is 2.63. The van der Waals surface area contributed by atoms with Crippen molar-refractivity contribution in [3.63, 3.8) is 0 Å². The van der Waals surface area contributed by atoms with Gasteiger partial charge in [-0.25, -0.2) is 0 Å². The number of hydrogen-bond donors (Lipinski definition) is 1. The molecule has 0 saturated heterocycles. The highest BCUT2D eigenvalue weighted by Crippen LogP contribution is 2.06. The topological polar surface area (TPSA) is 63.6 Å². The second kappa shape index (κ2) is 9.26. The molecule has 0 aliphatic heterocycles. The maximum absolute atomic E-state index is 11.5. The summed E-state index contributed by atoms with van der Waals surface area (Å²) in [6, 6.07) is 9.48. The number of benzene rings is 1. The van der Waals surface area contributed by atoms with E-state index in [1.54, 1.807) is 6.92 Å². The van der Waals surface area contributed by atoms with Crippen LogP contribution in [0.1, 0.15) is 44.6 Å². The van der Waals surface area contributed by atoms with Crippen molar-refractivity contribution in [1.82, 2.24) is 0 Å². The average Bonchev–Trinajstić information content (AvgIpc) is 2.44. The van der Waals surface area contributed by atoms with E-state index in [-0.39, 0.29) is 24.8 Å². The van der Waals surface area contributed by atoms with Crippen LogP contribution in [0.4, 0.5) is 0 Å². The molecular formula is C16H22O4. The maximum atomic E-state index is 11.5. The first kappa shape index (κ1) is 16.4. The van der Waals surface area contributed by atoms with E-state index in [2.05, 4.69) is 0 Å². The molecule has 1 unspecified atom stereocenters. The van der Waals surface area contributed by atoms with Gasteiger partial charge < -0.3 is 9.84 Å². The molecule has 0 spiro atoms. The molecule has 110 valence electrons. The minimum atomic E-state index is -0.449. The van der Waals surface area contributed by atoms with Crippen LogP contribution in [0.3, 0.4) is 0 Å². The number of esters is 1. The molecular weight excluding hydrogens is 256 g/mol. The molecule has 1 aromatic carbocycles. The second-order valence-corrected chi connectivity index (χ2v) is 4.93. The Bertz CT molecular complexity index is 412. The maximum Gasteiger partial charge on any atom is 0.306 e. The Kier molecular flexibility index (Phi) is 7.58. The Morgan fingerprint density at radius 3 is 2.50 bits per heavy atom. The lowest BCUT2D eigenvalue weighted by atomic mass is 10.1. The number of Topliss-reactive ketones (excluding diaryl/α,β-unsaturated/α-hetero) is 1. The molecule has 0 radical (unpaired) electrons. The SMILES string of the molecule is CC(O)CCC(=O)CCCC(=O)OCc1ccccc1. The summed E-state index contributed by atoms with van der Waals surface area (Å²) in [4.78, 5) is 22.9. The summed E-state index contributed by atoms with van der Waals surface area (Å²) >= 11 is 0. The second-order valence-electron chi connectivity index (χ2n) is 4.93. The Balaban J connectivity index is 2.10. The molecule has 20 heavy (non-hydrogen) atoms. The van der Waals surface area contributed by atoms with Gasteiger partial charge in [-0.15, -0.1) is 0 Å². The third-order valence-corrected chi connectivity index (χ3v) is 2.92. The van der Waals surface area contributed by atoms with Crippen LogP contribution < -0.4 is 0 Å². The van der Waals surface area contributed by atoms with Gasteiger partial charge >= 0.3 is 5.97 Å². The van der Waals surface area contributed by atoms with Gasteiger partial charge in [0.2, 0.25) is 0 Å². The molecule has 1 atom stereocenters. The van der Waals surface area contributed by atoms with E-state index >= 15 is 0 Å². The molecule has 1 N–H and O–H groups in total. The molecule has 4 heteroatoms. The molecule has 0 amide bonds. The average molecular weight is 278 g/mol.